The Morgan fingerprint density at radius 3 is 2.36 bits per heavy atom. The summed E-state index contributed by atoms with van der Waals surface area (Å²) in [6.07, 6.45) is -0.626. The summed E-state index contributed by atoms with van der Waals surface area (Å²) in [5.74, 6) is 0. The highest BCUT2D eigenvalue weighted by molar-refractivity contribution is 7.90. The Balaban J connectivity index is 2.09. The van der Waals surface area contributed by atoms with Gasteiger partial charge in [-0.25, -0.2) is 22.0 Å². The number of fused-ring (bicyclic) bond motifs is 1. The Morgan fingerprint density at radius 2 is 1.73 bits per heavy atom. The Bertz CT molecular complexity index is 925. The monoisotopic (exact) mass is 339 g/mol. The first-order valence-corrected chi connectivity index (χ1v) is 9.31. The molecule has 4 N–H and O–H groups in total. The molecule has 2 aromatic rings. The van der Waals surface area contributed by atoms with Crippen LogP contribution in [0.3, 0.4) is 0 Å². The van der Waals surface area contributed by atoms with E-state index < -0.39 is 26.2 Å². The highest BCUT2D eigenvalue weighted by Crippen LogP contribution is 2.32. The molecule has 0 saturated heterocycles. The van der Waals surface area contributed by atoms with E-state index in [9.17, 15) is 16.8 Å². The van der Waals surface area contributed by atoms with Gasteiger partial charge in [0, 0.05) is 0 Å². The Morgan fingerprint density at radius 1 is 1.05 bits per heavy atom. The van der Waals surface area contributed by atoms with Crippen molar-refractivity contribution in [2.45, 2.75) is 16.0 Å². The van der Waals surface area contributed by atoms with E-state index in [2.05, 4.69) is 10.0 Å². The maximum atomic E-state index is 12.3. The minimum absolute atomic E-state index is 0.147. The van der Waals surface area contributed by atoms with Gasteiger partial charge in [-0.15, -0.1) is 0 Å². The maximum Gasteiger partial charge on any atom is 0.244 e. The van der Waals surface area contributed by atoms with Crippen LogP contribution in [0.25, 0.3) is 0 Å². The molecule has 9 heteroatoms. The van der Waals surface area contributed by atoms with Gasteiger partial charge in [-0.05, 0) is 23.8 Å². The van der Waals surface area contributed by atoms with Crippen LogP contribution in [-0.4, -0.2) is 16.8 Å². The van der Waals surface area contributed by atoms with Gasteiger partial charge in [-0.1, -0.05) is 30.3 Å². The first-order chi connectivity index (χ1) is 10.3. The predicted octanol–water partition coefficient (Wildman–Crippen LogP) is 0.737. The molecule has 0 aliphatic carbocycles. The van der Waals surface area contributed by atoms with Crippen LogP contribution in [0.5, 0.6) is 0 Å². The first kappa shape index (κ1) is 15.0. The summed E-state index contributed by atoms with van der Waals surface area (Å²) in [4.78, 5) is -0.400. The van der Waals surface area contributed by atoms with Crippen LogP contribution in [-0.2, 0) is 20.0 Å². The molecule has 3 rings (SSSR count). The van der Waals surface area contributed by atoms with E-state index in [1.165, 1.54) is 12.1 Å². The molecule has 1 atom stereocenters. The van der Waals surface area contributed by atoms with E-state index in [0.29, 0.717) is 5.69 Å². The van der Waals surface area contributed by atoms with Crippen LogP contribution in [0, 0.1) is 0 Å². The van der Waals surface area contributed by atoms with Crippen molar-refractivity contribution >= 4 is 25.7 Å². The molecule has 1 aliphatic heterocycles. The third kappa shape index (κ3) is 2.71. The molecule has 116 valence electrons. The molecule has 22 heavy (non-hydrogen) atoms. The third-order valence-electron chi connectivity index (χ3n) is 3.28. The second kappa shape index (κ2) is 5.06. The van der Waals surface area contributed by atoms with Crippen LogP contribution in [0.2, 0.25) is 0 Å². The van der Waals surface area contributed by atoms with E-state index in [-0.39, 0.29) is 9.79 Å². The third-order valence-corrected chi connectivity index (χ3v) is 5.65. The van der Waals surface area contributed by atoms with Crippen molar-refractivity contribution in [1.82, 2.24) is 4.72 Å². The van der Waals surface area contributed by atoms with Crippen molar-refractivity contribution in [3.8, 4) is 0 Å². The molecule has 0 radical (unpaired) electrons. The number of nitrogens with one attached hydrogen (secondary N) is 2. The molecule has 0 bridgehead atoms. The van der Waals surface area contributed by atoms with Gasteiger partial charge in [0.2, 0.25) is 20.0 Å². The average Bonchev–Trinajstić information content (AvgIpc) is 2.46. The Hall–Kier alpha value is -1.94. The van der Waals surface area contributed by atoms with Crippen molar-refractivity contribution in [3.05, 3.63) is 54.1 Å². The number of sulfonamides is 2. The van der Waals surface area contributed by atoms with Crippen molar-refractivity contribution in [2.24, 2.45) is 5.14 Å². The van der Waals surface area contributed by atoms with Gasteiger partial charge in [-0.2, -0.15) is 4.72 Å². The number of anilines is 1. The molecule has 7 nitrogen and oxygen atoms in total. The second-order valence-corrected chi connectivity index (χ2v) is 8.06. The standard InChI is InChI=1S/C13H13N3O4S2/c14-21(17,18)10-6-7-11-12(8-10)22(19,20)16-13(15-11)9-4-2-1-3-5-9/h1-8,13,15-16H,(H2,14,17,18). The van der Waals surface area contributed by atoms with E-state index in [0.717, 1.165) is 11.6 Å². The lowest BCUT2D eigenvalue weighted by Gasteiger charge is -2.28. The largest absolute Gasteiger partial charge is 0.364 e. The van der Waals surface area contributed by atoms with Crippen LogP contribution in [0.4, 0.5) is 5.69 Å². The normalized spacial score (nSPS) is 20.0. The van der Waals surface area contributed by atoms with Crippen LogP contribution in [0.15, 0.2) is 58.3 Å². The first-order valence-electron chi connectivity index (χ1n) is 6.28. The van der Waals surface area contributed by atoms with Gasteiger partial charge in [0.25, 0.3) is 0 Å². The molecule has 1 aliphatic rings. The molecule has 0 spiro atoms. The van der Waals surface area contributed by atoms with Crippen molar-refractivity contribution in [2.75, 3.05) is 5.32 Å². The Kier molecular flexibility index (Phi) is 3.44. The summed E-state index contributed by atoms with van der Waals surface area (Å²) in [6, 6.07) is 12.7. The molecule has 2 aromatic carbocycles. The summed E-state index contributed by atoms with van der Waals surface area (Å²) in [5, 5.41) is 8.06. The van der Waals surface area contributed by atoms with Crippen molar-refractivity contribution in [1.29, 1.82) is 0 Å². The lowest BCUT2D eigenvalue weighted by Crippen LogP contribution is -2.38. The van der Waals surface area contributed by atoms with Gasteiger partial charge < -0.3 is 5.32 Å². The quantitative estimate of drug-likeness (QED) is 0.745. The summed E-state index contributed by atoms with van der Waals surface area (Å²) >= 11 is 0. The second-order valence-electron chi connectivity index (χ2n) is 4.81. The smallest absolute Gasteiger partial charge is 0.244 e. The number of hydrogen-bond acceptors (Lipinski definition) is 5. The van der Waals surface area contributed by atoms with Crippen molar-refractivity contribution < 1.29 is 16.8 Å². The number of primary sulfonamides is 1. The van der Waals surface area contributed by atoms with Gasteiger partial charge >= 0.3 is 0 Å². The average molecular weight is 339 g/mol. The topological polar surface area (TPSA) is 118 Å². The van der Waals surface area contributed by atoms with E-state index in [1.807, 2.05) is 6.07 Å². The fraction of sp³-hybridized carbons (Fsp3) is 0.0769. The summed E-state index contributed by atoms with van der Waals surface area (Å²) in [7, 11) is -7.83. The van der Waals surface area contributed by atoms with Gasteiger partial charge in [0.15, 0.2) is 0 Å². The molecule has 0 amide bonds. The highest BCUT2D eigenvalue weighted by Gasteiger charge is 2.31. The van der Waals surface area contributed by atoms with Gasteiger partial charge in [0.05, 0.1) is 10.6 Å². The molecule has 1 heterocycles. The predicted molar refractivity (Wildman–Crippen MR) is 80.9 cm³/mol. The lowest BCUT2D eigenvalue weighted by atomic mass is 10.1. The minimum Gasteiger partial charge on any atom is -0.364 e. The fourth-order valence-electron chi connectivity index (χ4n) is 2.22. The fourth-order valence-corrected chi connectivity index (χ4v) is 4.17. The Labute approximate surface area is 128 Å². The molecular weight excluding hydrogens is 326 g/mol. The van der Waals surface area contributed by atoms with E-state index in [1.54, 1.807) is 24.3 Å². The summed E-state index contributed by atoms with van der Waals surface area (Å²) in [5.41, 5.74) is 1.06. The molecule has 0 fully saturated rings. The van der Waals surface area contributed by atoms with Crippen LogP contribution < -0.4 is 15.2 Å². The minimum atomic E-state index is -3.97. The number of hydrogen-bond donors (Lipinski definition) is 3. The van der Waals surface area contributed by atoms with Gasteiger partial charge in [0.1, 0.15) is 11.1 Å². The van der Waals surface area contributed by atoms with Gasteiger partial charge in [-0.3, -0.25) is 0 Å². The zero-order valence-electron chi connectivity index (χ0n) is 11.2. The number of nitrogens with two attached hydrogens (primary N) is 1. The lowest BCUT2D eigenvalue weighted by molar-refractivity contribution is 0.562. The number of rotatable bonds is 2. The zero-order chi connectivity index (χ0) is 16.0. The van der Waals surface area contributed by atoms with Crippen LogP contribution in [0.1, 0.15) is 11.7 Å². The molecule has 1 unspecified atom stereocenters. The number of benzene rings is 2. The molecule has 0 aromatic heterocycles. The van der Waals surface area contributed by atoms with Crippen LogP contribution >= 0.6 is 0 Å². The zero-order valence-corrected chi connectivity index (χ0v) is 12.9. The van der Waals surface area contributed by atoms with E-state index in [4.69, 9.17) is 5.14 Å². The maximum absolute atomic E-state index is 12.3. The molecule has 0 saturated carbocycles. The summed E-state index contributed by atoms with van der Waals surface area (Å²) in [6.45, 7) is 0. The highest BCUT2D eigenvalue weighted by atomic mass is 32.2. The molecular formula is C13H13N3O4S2. The summed E-state index contributed by atoms with van der Waals surface area (Å²) < 4.78 is 49.9. The van der Waals surface area contributed by atoms with Crippen molar-refractivity contribution in [3.63, 3.8) is 0 Å². The van der Waals surface area contributed by atoms with E-state index >= 15 is 0 Å². The SMILES string of the molecule is NS(=O)(=O)c1ccc2c(c1)S(=O)(=O)NC(c1ccccc1)N2.